The number of benzene rings is 2. The third-order valence-electron chi connectivity index (χ3n) is 5.11. The summed E-state index contributed by atoms with van der Waals surface area (Å²) in [6.45, 7) is 6.56. The average molecular weight is 521 g/mol. The Morgan fingerprint density at radius 2 is 1.71 bits per heavy atom. The fraction of sp³-hybridized carbons (Fsp3) is 0.385. The van der Waals surface area contributed by atoms with Crippen molar-refractivity contribution in [2.24, 2.45) is 0 Å². The van der Waals surface area contributed by atoms with Crippen LogP contribution in [0.4, 0.5) is 0 Å². The van der Waals surface area contributed by atoms with E-state index >= 15 is 0 Å². The second kappa shape index (κ2) is 12.8. The highest BCUT2D eigenvalue weighted by Crippen LogP contribution is 2.32. The van der Waals surface area contributed by atoms with Crippen molar-refractivity contribution in [3.63, 3.8) is 0 Å². The molecule has 9 heteroatoms. The lowest BCUT2D eigenvalue weighted by molar-refractivity contribution is -0.144. The van der Waals surface area contributed by atoms with Gasteiger partial charge in [-0.3, -0.25) is 4.79 Å². The Labute approximate surface area is 215 Å². The predicted molar refractivity (Wildman–Crippen MR) is 135 cm³/mol. The number of esters is 1. The van der Waals surface area contributed by atoms with Crippen LogP contribution in [0.25, 0.3) is 0 Å². The zero-order valence-corrected chi connectivity index (χ0v) is 21.9. The summed E-state index contributed by atoms with van der Waals surface area (Å²) in [6, 6.07) is 12.9. The highest BCUT2D eigenvalue weighted by Gasteiger charge is 2.24. The Hall–Kier alpha value is -2.74. The van der Waals surface area contributed by atoms with E-state index in [1.165, 1.54) is 0 Å². The first-order chi connectivity index (χ1) is 16.8. The van der Waals surface area contributed by atoms with Crippen molar-refractivity contribution in [2.75, 3.05) is 20.5 Å². The number of carbonyl (C=O) groups is 1. The maximum absolute atomic E-state index is 12.3. The minimum absolute atomic E-state index is 0.0526. The van der Waals surface area contributed by atoms with Gasteiger partial charge in [0.15, 0.2) is 6.79 Å². The number of hydrogen-bond donors (Lipinski definition) is 0. The maximum atomic E-state index is 12.3. The van der Waals surface area contributed by atoms with Gasteiger partial charge in [-0.25, -0.2) is 4.68 Å². The van der Waals surface area contributed by atoms with Crippen molar-refractivity contribution < 1.29 is 23.7 Å². The molecule has 0 atom stereocenters. The Morgan fingerprint density at radius 1 is 1.03 bits per heavy atom. The fourth-order valence-electron chi connectivity index (χ4n) is 3.61. The molecule has 188 valence electrons. The van der Waals surface area contributed by atoms with Gasteiger partial charge in [-0.05, 0) is 54.3 Å². The lowest BCUT2D eigenvalue weighted by Crippen LogP contribution is -2.16. The molecular formula is C26H30Cl2N2O5. The minimum Gasteiger partial charge on any atom is -0.473 e. The van der Waals surface area contributed by atoms with Crippen molar-refractivity contribution in [1.29, 1.82) is 0 Å². The summed E-state index contributed by atoms with van der Waals surface area (Å²) in [5.41, 5.74) is 3.57. The average Bonchev–Trinajstić information content (AvgIpc) is 3.13. The van der Waals surface area contributed by atoms with Crippen LogP contribution in [-0.4, -0.2) is 36.3 Å². The molecule has 3 rings (SSSR count). The van der Waals surface area contributed by atoms with Crippen LogP contribution in [0.3, 0.4) is 0 Å². The van der Waals surface area contributed by atoms with E-state index in [0.717, 1.165) is 22.4 Å². The number of hydrogen-bond acceptors (Lipinski definition) is 6. The normalized spacial score (nSPS) is 11.1. The van der Waals surface area contributed by atoms with Gasteiger partial charge in [0.2, 0.25) is 5.88 Å². The summed E-state index contributed by atoms with van der Waals surface area (Å²) < 4.78 is 23.4. The molecule has 0 aliphatic heterocycles. The molecule has 3 aromatic rings. The van der Waals surface area contributed by atoms with Crippen molar-refractivity contribution >= 4 is 29.2 Å². The number of aromatic nitrogens is 2. The van der Waals surface area contributed by atoms with E-state index in [1.807, 2.05) is 50.2 Å². The Kier molecular flexibility index (Phi) is 9.83. The molecule has 0 N–H and O–H groups in total. The van der Waals surface area contributed by atoms with Gasteiger partial charge in [0.25, 0.3) is 0 Å². The van der Waals surface area contributed by atoms with E-state index in [4.69, 9.17) is 47.2 Å². The van der Waals surface area contributed by atoms with Crippen LogP contribution in [-0.2, 0) is 33.8 Å². The summed E-state index contributed by atoms with van der Waals surface area (Å²) in [4.78, 5) is 12.3. The zero-order valence-electron chi connectivity index (χ0n) is 20.3. The molecular weight excluding hydrogens is 491 g/mol. The third-order valence-corrected chi connectivity index (χ3v) is 5.54. The molecule has 0 aliphatic carbocycles. The van der Waals surface area contributed by atoms with Gasteiger partial charge in [0, 0.05) is 29.1 Å². The Bertz CT molecular complexity index is 1110. The molecule has 0 fully saturated rings. The molecule has 7 nitrogen and oxygen atoms in total. The molecule has 0 spiro atoms. The molecule has 1 aromatic heterocycles. The van der Waals surface area contributed by atoms with E-state index in [0.29, 0.717) is 34.7 Å². The molecule has 0 saturated heterocycles. The topological polar surface area (TPSA) is 71.8 Å². The molecule has 0 unspecified atom stereocenters. The second-order valence-electron chi connectivity index (χ2n) is 8.22. The highest BCUT2D eigenvalue weighted by molar-refractivity contribution is 6.34. The summed E-state index contributed by atoms with van der Waals surface area (Å²) in [5, 5.41) is 5.83. The lowest BCUT2D eigenvalue weighted by atomic mass is 9.99. The van der Waals surface area contributed by atoms with Crippen LogP contribution in [0.15, 0.2) is 42.5 Å². The van der Waals surface area contributed by atoms with Crippen molar-refractivity contribution in [3.8, 4) is 11.6 Å². The van der Waals surface area contributed by atoms with Gasteiger partial charge in [-0.15, -0.1) is 0 Å². The van der Waals surface area contributed by atoms with Gasteiger partial charge < -0.3 is 18.9 Å². The molecule has 2 aromatic carbocycles. The number of rotatable bonds is 12. The van der Waals surface area contributed by atoms with Crippen molar-refractivity contribution in [3.05, 3.63) is 74.9 Å². The number of ether oxygens (including phenoxy) is 4. The molecule has 1 heterocycles. The van der Waals surface area contributed by atoms with Crippen LogP contribution in [0, 0.1) is 0 Å². The van der Waals surface area contributed by atoms with Crippen LogP contribution < -0.4 is 9.47 Å². The SMILES string of the molecule is CCOC(=O)Cn1nc(C(C)C)c(Cc2cc(Cl)cc(Cl)c2)c1OCc1ccc(OCOC)cc1. The van der Waals surface area contributed by atoms with E-state index in [2.05, 4.69) is 0 Å². The van der Waals surface area contributed by atoms with Gasteiger partial charge in [0.1, 0.15) is 18.9 Å². The summed E-state index contributed by atoms with van der Waals surface area (Å²) in [6.07, 6.45) is 0.496. The Morgan fingerprint density at radius 3 is 2.31 bits per heavy atom. The van der Waals surface area contributed by atoms with E-state index in [9.17, 15) is 4.79 Å². The van der Waals surface area contributed by atoms with E-state index in [-0.39, 0.29) is 31.8 Å². The largest absolute Gasteiger partial charge is 0.473 e. The second-order valence-corrected chi connectivity index (χ2v) is 9.10. The van der Waals surface area contributed by atoms with Gasteiger partial charge in [0.05, 0.1) is 12.3 Å². The van der Waals surface area contributed by atoms with Crippen LogP contribution in [0.5, 0.6) is 11.6 Å². The molecule has 0 aliphatic rings. The molecule has 0 bridgehead atoms. The van der Waals surface area contributed by atoms with E-state index < -0.39 is 0 Å². The standard InChI is InChI=1S/C26H30Cl2N2O5/c1-5-33-24(31)14-30-26(34-15-18-6-8-22(9-7-18)35-16-32-4)23(25(29-30)17(2)3)12-19-10-20(27)13-21(28)11-19/h6-11,13,17H,5,12,14-16H2,1-4H3. The molecule has 0 radical (unpaired) electrons. The number of carbonyl (C=O) groups excluding carboxylic acids is 1. The molecule has 0 saturated carbocycles. The van der Waals surface area contributed by atoms with Crippen LogP contribution in [0.1, 0.15) is 49.1 Å². The van der Waals surface area contributed by atoms with E-state index in [1.54, 1.807) is 24.8 Å². The van der Waals surface area contributed by atoms with Crippen LogP contribution in [0.2, 0.25) is 10.0 Å². The molecule has 35 heavy (non-hydrogen) atoms. The maximum Gasteiger partial charge on any atom is 0.327 e. The van der Waals surface area contributed by atoms with Crippen LogP contribution >= 0.6 is 23.2 Å². The first kappa shape index (κ1) is 26.9. The number of methoxy groups -OCH3 is 1. The monoisotopic (exact) mass is 520 g/mol. The van der Waals surface area contributed by atoms with Crippen molar-refractivity contribution in [1.82, 2.24) is 9.78 Å². The zero-order chi connectivity index (χ0) is 25.4. The summed E-state index contributed by atoms with van der Waals surface area (Å²) in [5.74, 6) is 0.927. The van der Waals surface area contributed by atoms with Gasteiger partial charge in [-0.1, -0.05) is 49.2 Å². The minimum atomic E-state index is -0.382. The smallest absolute Gasteiger partial charge is 0.327 e. The van der Waals surface area contributed by atoms with Crippen molar-refractivity contribution in [2.45, 2.75) is 46.3 Å². The number of nitrogens with zero attached hydrogens (tertiary/aromatic N) is 2. The quantitative estimate of drug-likeness (QED) is 0.214. The summed E-state index contributed by atoms with van der Waals surface area (Å²) >= 11 is 12.5. The lowest BCUT2D eigenvalue weighted by Gasteiger charge is -2.13. The van der Waals surface area contributed by atoms with Gasteiger partial charge in [-0.2, -0.15) is 5.10 Å². The third kappa shape index (κ3) is 7.62. The first-order valence-electron chi connectivity index (χ1n) is 11.3. The first-order valence-corrected chi connectivity index (χ1v) is 12.1. The highest BCUT2D eigenvalue weighted by atomic mass is 35.5. The van der Waals surface area contributed by atoms with Gasteiger partial charge >= 0.3 is 5.97 Å². The number of halogens is 2. The Balaban J connectivity index is 1.93. The predicted octanol–water partition coefficient (Wildman–Crippen LogP) is 6.03. The fourth-order valence-corrected chi connectivity index (χ4v) is 4.18. The summed E-state index contributed by atoms with van der Waals surface area (Å²) in [7, 11) is 1.57. The molecule has 0 amide bonds.